The first-order valence-electron chi connectivity index (χ1n) is 5.72. The van der Waals surface area contributed by atoms with E-state index in [0.29, 0.717) is 0 Å². The molecule has 1 atom stereocenters. The zero-order valence-electron chi connectivity index (χ0n) is 10.5. The number of aromatic nitrogens is 1. The Morgan fingerprint density at radius 3 is 2.28 bits per heavy atom. The highest BCUT2D eigenvalue weighted by Crippen LogP contribution is 2.28. The van der Waals surface area contributed by atoms with Gasteiger partial charge in [0.1, 0.15) is 5.75 Å². The van der Waals surface area contributed by atoms with E-state index in [1.807, 2.05) is 49.5 Å². The molecule has 0 fully saturated rings. The fraction of sp³-hybridized carbons (Fsp3) is 0.214. The van der Waals surface area contributed by atoms with Crippen LogP contribution in [0.3, 0.4) is 0 Å². The van der Waals surface area contributed by atoms with Crippen LogP contribution in [0.25, 0.3) is 0 Å². The quantitative estimate of drug-likeness (QED) is 0.916. The Kier molecular flexibility index (Phi) is 4.23. The number of nitrogens with two attached hydrogens (primary N) is 1. The van der Waals surface area contributed by atoms with Crippen LogP contribution in [0, 0.1) is 0 Å². The van der Waals surface area contributed by atoms with E-state index in [0.717, 1.165) is 21.2 Å². The Bertz CT molecular complexity index is 494. The molecule has 2 rings (SSSR count). The van der Waals surface area contributed by atoms with Crippen LogP contribution in [-0.2, 0) is 0 Å². The average molecular weight is 260 g/mol. The van der Waals surface area contributed by atoms with Crippen molar-refractivity contribution in [3.05, 3.63) is 48.3 Å². The maximum Gasteiger partial charge on any atom is 0.118 e. The van der Waals surface area contributed by atoms with Crippen LogP contribution in [0.5, 0.6) is 5.75 Å². The van der Waals surface area contributed by atoms with Crippen molar-refractivity contribution in [3.8, 4) is 5.75 Å². The molecule has 0 aliphatic rings. The maximum absolute atomic E-state index is 5.77. The molecule has 18 heavy (non-hydrogen) atoms. The second-order valence-corrected chi connectivity index (χ2v) is 5.13. The molecule has 0 amide bonds. The molecule has 0 spiro atoms. The molecule has 2 N–H and O–H groups in total. The van der Waals surface area contributed by atoms with Crippen molar-refractivity contribution >= 4 is 11.8 Å². The number of nitrogens with zero attached hydrogens (tertiary/aromatic N) is 1. The summed E-state index contributed by atoms with van der Waals surface area (Å²) < 4.78 is 5.13. The topological polar surface area (TPSA) is 48.1 Å². The molecule has 0 saturated carbocycles. The van der Waals surface area contributed by atoms with Crippen molar-refractivity contribution in [3.63, 3.8) is 0 Å². The predicted octanol–water partition coefficient (Wildman–Crippen LogP) is 3.26. The molecule has 3 nitrogen and oxygen atoms in total. The zero-order valence-corrected chi connectivity index (χ0v) is 11.3. The highest BCUT2D eigenvalue weighted by atomic mass is 32.2. The van der Waals surface area contributed by atoms with Gasteiger partial charge in [0.05, 0.1) is 12.8 Å². The van der Waals surface area contributed by atoms with Crippen molar-refractivity contribution in [2.75, 3.05) is 7.11 Å². The lowest BCUT2D eigenvalue weighted by Crippen LogP contribution is -2.06. The van der Waals surface area contributed by atoms with Gasteiger partial charge in [-0.25, -0.2) is 0 Å². The number of methoxy groups -OCH3 is 1. The first-order valence-corrected chi connectivity index (χ1v) is 6.54. The lowest BCUT2D eigenvalue weighted by molar-refractivity contribution is 0.414. The van der Waals surface area contributed by atoms with Crippen molar-refractivity contribution in [1.82, 2.24) is 4.98 Å². The number of benzene rings is 1. The van der Waals surface area contributed by atoms with Crippen molar-refractivity contribution in [2.45, 2.75) is 22.8 Å². The van der Waals surface area contributed by atoms with Gasteiger partial charge in [-0.2, -0.15) is 0 Å². The van der Waals surface area contributed by atoms with Crippen LogP contribution < -0.4 is 10.5 Å². The molecular weight excluding hydrogens is 244 g/mol. The van der Waals surface area contributed by atoms with Gasteiger partial charge in [0.25, 0.3) is 0 Å². The Hall–Kier alpha value is -1.52. The third-order valence-corrected chi connectivity index (χ3v) is 3.51. The summed E-state index contributed by atoms with van der Waals surface area (Å²) in [4.78, 5) is 6.60. The van der Waals surface area contributed by atoms with E-state index < -0.39 is 0 Å². The summed E-state index contributed by atoms with van der Waals surface area (Å²) >= 11 is 1.67. The zero-order chi connectivity index (χ0) is 13.0. The monoisotopic (exact) mass is 260 g/mol. The summed E-state index contributed by atoms with van der Waals surface area (Å²) in [6.45, 7) is 1.93. The SMILES string of the molecule is COc1ccc(Sc2ccc([C@@H](C)N)nc2)cc1. The van der Waals surface area contributed by atoms with Crippen LogP contribution in [0.1, 0.15) is 18.7 Å². The van der Waals surface area contributed by atoms with Gasteiger partial charge in [-0.05, 0) is 43.3 Å². The molecule has 0 unspecified atom stereocenters. The molecule has 1 aromatic carbocycles. The van der Waals surface area contributed by atoms with Crippen molar-refractivity contribution in [2.24, 2.45) is 5.73 Å². The Balaban J connectivity index is 2.08. The first kappa shape index (κ1) is 12.9. The van der Waals surface area contributed by atoms with Gasteiger partial charge in [-0.1, -0.05) is 11.8 Å². The van der Waals surface area contributed by atoms with Gasteiger partial charge in [-0.15, -0.1) is 0 Å². The summed E-state index contributed by atoms with van der Waals surface area (Å²) in [5.41, 5.74) is 6.68. The fourth-order valence-electron chi connectivity index (χ4n) is 1.50. The van der Waals surface area contributed by atoms with Crippen LogP contribution in [0.15, 0.2) is 52.4 Å². The van der Waals surface area contributed by atoms with E-state index in [4.69, 9.17) is 10.5 Å². The van der Waals surface area contributed by atoms with Gasteiger partial charge in [0, 0.05) is 22.0 Å². The minimum absolute atomic E-state index is 0.0231. The Labute approximate surface area is 111 Å². The maximum atomic E-state index is 5.77. The summed E-state index contributed by atoms with van der Waals surface area (Å²) in [5, 5.41) is 0. The van der Waals surface area contributed by atoms with Gasteiger partial charge in [-0.3, -0.25) is 4.98 Å². The van der Waals surface area contributed by atoms with Gasteiger partial charge < -0.3 is 10.5 Å². The largest absolute Gasteiger partial charge is 0.497 e. The molecule has 2 aromatic rings. The van der Waals surface area contributed by atoms with Crippen molar-refractivity contribution < 1.29 is 4.74 Å². The number of pyridine rings is 1. The second kappa shape index (κ2) is 5.89. The molecule has 1 heterocycles. The molecular formula is C14H16N2OS. The van der Waals surface area contributed by atoms with Crippen LogP contribution >= 0.6 is 11.8 Å². The summed E-state index contributed by atoms with van der Waals surface area (Å²) in [7, 11) is 1.67. The van der Waals surface area contributed by atoms with E-state index in [1.54, 1.807) is 18.9 Å². The minimum Gasteiger partial charge on any atom is -0.497 e. The van der Waals surface area contributed by atoms with Crippen LogP contribution in [-0.4, -0.2) is 12.1 Å². The molecule has 0 saturated heterocycles. The van der Waals surface area contributed by atoms with E-state index >= 15 is 0 Å². The van der Waals surface area contributed by atoms with Crippen LogP contribution in [0.2, 0.25) is 0 Å². The number of hydrogen-bond acceptors (Lipinski definition) is 4. The molecule has 0 radical (unpaired) electrons. The lowest BCUT2D eigenvalue weighted by atomic mass is 10.2. The Morgan fingerprint density at radius 2 is 1.78 bits per heavy atom. The third-order valence-electron chi connectivity index (χ3n) is 2.52. The van der Waals surface area contributed by atoms with Crippen LogP contribution in [0.4, 0.5) is 0 Å². The fourth-order valence-corrected chi connectivity index (χ4v) is 2.29. The third kappa shape index (κ3) is 3.24. The summed E-state index contributed by atoms with van der Waals surface area (Å²) in [5.74, 6) is 0.866. The molecule has 4 heteroatoms. The normalized spacial score (nSPS) is 12.2. The average Bonchev–Trinajstić information content (AvgIpc) is 2.40. The first-order chi connectivity index (χ1) is 8.69. The number of rotatable bonds is 4. The highest BCUT2D eigenvalue weighted by molar-refractivity contribution is 7.99. The smallest absolute Gasteiger partial charge is 0.118 e. The van der Waals surface area contributed by atoms with E-state index in [2.05, 4.69) is 4.98 Å². The molecule has 0 aliphatic carbocycles. The van der Waals surface area contributed by atoms with E-state index in [9.17, 15) is 0 Å². The van der Waals surface area contributed by atoms with Gasteiger partial charge in [0.2, 0.25) is 0 Å². The predicted molar refractivity (Wildman–Crippen MR) is 74.0 cm³/mol. The van der Waals surface area contributed by atoms with E-state index in [-0.39, 0.29) is 6.04 Å². The standard InChI is InChI=1S/C14H16N2OS/c1-10(15)14-8-7-13(9-16-14)18-12-5-3-11(17-2)4-6-12/h3-10H,15H2,1-2H3/t10-/m1/s1. The molecule has 0 bridgehead atoms. The minimum atomic E-state index is -0.0231. The molecule has 1 aromatic heterocycles. The second-order valence-electron chi connectivity index (χ2n) is 3.99. The summed E-state index contributed by atoms with van der Waals surface area (Å²) in [6.07, 6.45) is 1.85. The van der Waals surface area contributed by atoms with Crippen molar-refractivity contribution in [1.29, 1.82) is 0 Å². The van der Waals surface area contributed by atoms with Gasteiger partial charge in [0.15, 0.2) is 0 Å². The van der Waals surface area contributed by atoms with Gasteiger partial charge >= 0.3 is 0 Å². The number of hydrogen-bond donors (Lipinski definition) is 1. The number of ether oxygens (including phenoxy) is 1. The molecule has 0 aliphatic heterocycles. The Morgan fingerprint density at radius 1 is 1.11 bits per heavy atom. The van der Waals surface area contributed by atoms with E-state index in [1.165, 1.54) is 0 Å². The highest BCUT2D eigenvalue weighted by Gasteiger charge is 2.02. The lowest BCUT2D eigenvalue weighted by Gasteiger charge is -2.06. The summed E-state index contributed by atoms with van der Waals surface area (Å²) in [6, 6.07) is 12.0. The molecule has 94 valence electrons.